The van der Waals surface area contributed by atoms with Crippen molar-refractivity contribution < 1.29 is 38.7 Å². The van der Waals surface area contributed by atoms with Crippen LogP contribution in [-0.4, -0.2) is 103 Å². The number of aliphatic hydroxyl groups is 2. The summed E-state index contributed by atoms with van der Waals surface area (Å²) < 4.78 is 25.1. The minimum absolute atomic E-state index is 0.0432. The number of carbonyl (C=O) groups is 2. The van der Waals surface area contributed by atoms with E-state index < -0.39 is 34.3 Å². The molecule has 10 heteroatoms. The van der Waals surface area contributed by atoms with E-state index in [9.17, 15) is 19.8 Å². The van der Waals surface area contributed by atoms with Crippen molar-refractivity contribution in [2.45, 2.75) is 87.1 Å². The van der Waals surface area contributed by atoms with E-state index in [-0.39, 0.29) is 47.8 Å². The van der Waals surface area contributed by atoms with E-state index in [1.54, 1.807) is 45.6 Å². The SMILES string of the molecule is CCN1C[C@]2(OC(=O)c3ccccc3NC(C)=O)CC[C@H](OC)[C@]34[C@H]1[C@H](C[C@@H]23)[C@@]1(O)C[C@H](OC)[C@H]2C[C@@H]4[C@]1(O)[C@H]2OC. The number of amides is 1. The zero-order chi connectivity index (χ0) is 29.8. The highest BCUT2D eigenvalue weighted by atomic mass is 16.6. The lowest BCUT2D eigenvalue weighted by Gasteiger charge is -2.70. The minimum Gasteiger partial charge on any atom is -0.454 e. The molecule has 42 heavy (non-hydrogen) atoms. The molecule has 10 nitrogen and oxygen atoms in total. The molecule has 12 atom stereocenters. The molecule has 5 saturated carbocycles. The number of anilines is 1. The molecule has 0 unspecified atom stereocenters. The number of carbonyl (C=O) groups excluding carboxylic acids is 2. The number of likely N-dealkylation sites (N-methyl/N-ethyl adjacent to an activating group) is 1. The van der Waals surface area contributed by atoms with Gasteiger partial charge in [-0.1, -0.05) is 19.1 Å². The summed E-state index contributed by atoms with van der Waals surface area (Å²) in [5, 5.41) is 28.4. The van der Waals surface area contributed by atoms with Gasteiger partial charge in [0.15, 0.2) is 0 Å². The Balaban J connectivity index is 1.38. The van der Waals surface area contributed by atoms with Gasteiger partial charge in [-0.3, -0.25) is 9.69 Å². The number of piperidine rings is 1. The number of ether oxygens (including phenoxy) is 4. The third-order valence-corrected chi connectivity index (χ3v) is 12.6. The molecule has 1 aromatic rings. The largest absolute Gasteiger partial charge is 0.454 e. The van der Waals surface area contributed by atoms with Crippen LogP contribution in [0.5, 0.6) is 0 Å². The normalized spacial score (nSPS) is 48.2. The van der Waals surface area contributed by atoms with Gasteiger partial charge in [0.2, 0.25) is 5.91 Å². The first-order valence-electron chi connectivity index (χ1n) is 15.4. The summed E-state index contributed by atoms with van der Waals surface area (Å²) in [6.45, 7) is 4.79. The van der Waals surface area contributed by atoms with Crippen molar-refractivity contribution in [1.82, 2.24) is 4.90 Å². The van der Waals surface area contributed by atoms with Crippen molar-refractivity contribution in [2.75, 3.05) is 39.7 Å². The molecule has 1 heterocycles. The summed E-state index contributed by atoms with van der Waals surface area (Å²) in [5.41, 5.74) is -3.57. The number of hydrogen-bond donors (Lipinski definition) is 3. The summed E-state index contributed by atoms with van der Waals surface area (Å²) in [6.07, 6.45) is 1.91. The second kappa shape index (κ2) is 9.46. The lowest BCUT2D eigenvalue weighted by atomic mass is 9.44. The lowest BCUT2D eigenvalue weighted by Crippen LogP contribution is -2.83. The predicted molar refractivity (Wildman–Crippen MR) is 152 cm³/mol. The highest BCUT2D eigenvalue weighted by Crippen LogP contribution is 2.79. The summed E-state index contributed by atoms with van der Waals surface area (Å²) in [4.78, 5) is 28.3. The number of para-hydroxylation sites is 1. The second-order valence-electron chi connectivity index (χ2n) is 13.7. The van der Waals surface area contributed by atoms with Gasteiger partial charge in [0.25, 0.3) is 0 Å². The molecule has 230 valence electrons. The zero-order valence-electron chi connectivity index (χ0n) is 25.2. The second-order valence-corrected chi connectivity index (χ2v) is 13.7. The number of rotatable bonds is 7. The first-order valence-corrected chi connectivity index (χ1v) is 15.4. The topological polar surface area (TPSA) is 127 Å². The summed E-state index contributed by atoms with van der Waals surface area (Å²) in [7, 11) is 5.05. The van der Waals surface area contributed by atoms with Crippen molar-refractivity contribution >= 4 is 17.6 Å². The van der Waals surface area contributed by atoms with Gasteiger partial charge in [-0.2, -0.15) is 0 Å². The van der Waals surface area contributed by atoms with E-state index in [0.717, 1.165) is 0 Å². The van der Waals surface area contributed by atoms with Gasteiger partial charge < -0.3 is 34.5 Å². The van der Waals surface area contributed by atoms with Gasteiger partial charge in [-0.25, -0.2) is 4.79 Å². The quantitative estimate of drug-likeness (QED) is 0.414. The van der Waals surface area contributed by atoms with Crippen LogP contribution in [0.4, 0.5) is 5.69 Å². The molecule has 7 bridgehead atoms. The lowest BCUT2D eigenvalue weighted by molar-refractivity contribution is -0.337. The van der Waals surface area contributed by atoms with Crippen molar-refractivity contribution in [3.63, 3.8) is 0 Å². The Hall–Kier alpha value is -2.08. The maximum Gasteiger partial charge on any atom is 0.340 e. The Bertz CT molecular complexity index is 1290. The Morgan fingerprint density at radius 3 is 2.50 bits per heavy atom. The van der Waals surface area contributed by atoms with Gasteiger partial charge in [0, 0.05) is 76.3 Å². The molecule has 5 aliphatic carbocycles. The predicted octanol–water partition coefficient (Wildman–Crippen LogP) is 2.22. The van der Waals surface area contributed by atoms with Crippen LogP contribution in [0, 0.1) is 29.1 Å². The highest BCUT2D eigenvalue weighted by molar-refractivity contribution is 6.00. The standard InChI is InChI=1S/C32H44N2O8/c1-6-34-16-29(42-28(36)18-9-7-8-10-21(18)33-17(2)35)12-11-25(40-4)31-23(29)14-20(26(31)34)30(37)15-22(39-3)19-13-24(31)32(30,38)27(19)41-5/h7-10,19-20,22-27,37-38H,6,11-16H2,1-5H3,(H,33,35)/t19-,20+,22+,23+,24+,25+,26-,27+,29-,30+,31+,32+/m1/s1. The van der Waals surface area contributed by atoms with Gasteiger partial charge in [0.05, 0.1) is 29.6 Å². The summed E-state index contributed by atoms with van der Waals surface area (Å²) in [5.74, 6) is -1.54. The first-order chi connectivity index (χ1) is 20.1. The number of benzene rings is 1. The molecular formula is C32H44N2O8. The monoisotopic (exact) mass is 584 g/mol. The van der Waals surface area contributed by atoms with Gasteiger partial charge in [-0.15, -0.1) is 0 Å². The van der Waals surface area contributed by atoms with E-state index in [0.29, 0.717) is 56.4 Å². The van der Waals surface area contributed by atoms with Crippen molar-refractivity contribution in [3.8, 4) is 0 Å². The van der Waals surface area contributed by atoms with Crippen LogP contribution < -0.4 is 5.32 Å². The summed E-state index contributed by atoms with van der Waals surface area (Å²) in [6, 6.07) is 6.89. The highest BCUT2D eigenvalue weighted by Gasteiger charge is 2.89. The van der Waals surface area contributed by atoms with Crippen molar-refractivity contribution in [1.29, 1.82) is 0 Å². The van der Waals surface area contributed by atoms with E-state index in [1.807, 2.05) is 0 Å². The average molecular weight is 585 g/mol. The maximum absolute atomic E-state index is 14.0. The number of nitrogens with one attached hydrogen (secondary N) is 1. The Morgan fingerprint density at radius 1 is 1.07 bits per heavy atom. The number of likely N-dealkylation sites (tertiary alicyclic amines) is 1. The molecule has 3 N–H and O–H groups in total. The fourth-order valence-corrected chi connectivity index (χ4v) is 11.6. The molecule has 0 aromatic heterocycles. The molecule has 0 radical (unpaired) electrons. The van der Waals surface area contributed by atoms with Gasteiger partial charge in [0.1, 0.15) is 16.8 Å². The van der Waals surface area contributed by atoms with Gasteiger partial charge >= 0.3 is 5.97 Å². The fraction of sp³-hybridized carbons (Fsp3) is 0.750. The third kappa shape index (κ3) is 3.21. The molecule has 1 saturated heterocycles. The molecule has 6 aliphatic rings. The molecule has 6 fully saturated rings. The Labute approximate surface area is 247 Å². The van der Waals surface area contributed by atoms with E-state index >= 15 is 0 Å². The number of fused-ring (bicyclic) bond motifs is 2. The number of methoxy groups -OCH3 is 3. The smallest absolute Gasteiger partial charge is 0.340 e. The molecular weight excluding hydrogens is 540 g/mol. The first kappa shape index (κ1) is 28.7. The summed E-state index contributed by atoms with van der Waals surface area (Å²) >= 11 is 0. The number of esters is 1. The van der Waals surface area contributed by atoms with E-state index in [4.69, 9.17) is 18.9 Å². The van der Waals surface area contributed by atoms with Crippen LogP contribution >= 0.6 is 0 Å². The third-order valence-electron chi connectivity index (χ3n) is 12.6. The Morgan fingerprint density at radius 2 is 1.83 bits per heavy atom. The maximum atomic E-state index is 14.0. The van der Waals surface area contributed by atoms with Crippen LogP contribution in [0.3, 0.4) is 0 Å². The molecule has 1 aliphatic heterocycles. The van der Waals surface area contributed by atoms with Crippen molar-refractivity contribution in [2.24, 2.45) is 29.1 Å². The zero-order valence-corrected chi connectivity index (χ0v) is 25.2. The molecule has 1 spiro atoms. The minimum atomic E-state index is -1.48. The number of nitrogens with zero attached hydrogens (tertiary/aromatic N) is 1. The van der Waals surface area contributed by atoms with Crippen LogP contribution in [-0.2, 0) is 23.7 Å². The molecule has 1 amide bonds. The number of hydrogen-bond acceptors (Lipinski definition) is 9. The van der Waals surface area contributed by atoms with Crippen LogP contribution in [0.2, 0.25) is 0 Å². The van der Waals surface area contributed by atoms with Crippen LogP contribution in [0.15, 0.2) is 24.3 Å². The Kier molecular flexibility index (Phi) is 6.46. The van der Waals surface area contributed by atoms with E-state index in [1.165, 1.54) is 6.92 Å². The average Bonchev–Trinajstić information content (AvgIpc) is 3.39. The van der Waals surface area contributed by atoms with Gasteiger partial charge in [-0.05, 0) is 44.4 Å². The molecule has 7 rings (SSSR count). The van der Waals surface area contributed by atoms with Crippen molar-refractivity contribution in [3.05, 3.63) is 29.8 Å². The molecule has 1 aromatic carbocycles. The van der Waals surface area contributed by atoms with E-state index in [2.05, 4.69) is 17.1 Å². The van der Waals surface area contributed by atoms with Crippen LogP contribution in [0.25, 0.3) is 0 Å². The van der Waals surface area contributed by atoms with Crippen LogP contribution in [0.1, 0.15) is 56.3 Å². The fourth-order valence-electron chi connectivity index (χ4n) is 11.6.